The van der Waals surface area contributed by atoms with Crippen molar-refractivity contribution in [2.45, 2.75) is 32.3 Å². The maximum absolute atomic E-state index is 13.0. The van der Waals surface area contributed by atoms with Crippen molar-refractivity contribution in [2.24, 2.45) is 0 Å². The lowest BCUT2D eigenvalue weighted by Gasteiger charge is -2.36. The maximum Gasteiger partial charge on any atom is 0.255 e. The second-order valence-corrected chi connectivity index (χ2v) is 7.80. The van der Waals surface area contributed by atoms with Gasteiger partial charge in [-0.25, -0.2) is 9.97 Å². The van der Waals surface area contributed by atoms with Crippen LogP contribution in [0.15, 0.2) is 35.8 Å². The Balaban J connectivity index is 1.56. The maximum atomic E-state index is 13.0. The lowest BCUT2D eigenvalue weighted by Crippen LogP contribution is -2.45. The SMILES string of the molecule is Cc1ccsc1[C@@H]1CCN(C(=O)c2cc3cccnc3nc2C)C[C@H]1O. The molecule has 0 aromatic carbocycles. The molecule has 6 heteroatoms. The average Bonchev–Trinajstić information content (AvgIpc) is 3.06. The number of pyridine rings is 2. The van der Waals surface area contributed by atoms with Gasteiger partial charge < -0.3 is 10.0 Å². The van der Waals surface area contributed by atoms with Gasteiger partial charge in [-0.2, -0.15) is 0 Å². The van der Waals surface area contributed by atoms with Crippen LogP contribution in [0.4, 0.5) is 0 Å². The smallest absolute Gasteiger partial charge is 0.255 e. The van der Waals surface area contributed by atoms with Crippen LogP contribution in [0.5, 0.6) is 0 Å². The van der Waals surface area contributed by atoms with Gasteiger partial charge in [0.2, 0.25) is 0 Å². The van der Waals surface area contributed by atoms with Crippen molar-refractivity contribution < 1.29 is 9.90 Å². The number of β-amino-alcohol motifs (C(OH)–C–C–N with tert-alkyl or cyclic N) is 1. The van der Waals surface area contributed by atoms with Crippen LogP contribution in [-0.4, -0.2) is 45.1 Å². The summed E-state index contributed by atoms with van der Waals surface area (Å²) < 4.78 is 0. The number of amides is 1. The Morgan fingerprint density at radius 3 is 2.92 bits per heavy atom. The molecular weight excluding hydrogens is 346 g/mol. The van der Waals surface area contributed by atoms with Crippen molar-refractivity contribution in [3.05, 3.63) is 57.5 Å². The zero-order valence-electron chi connectivity index (χ0n) is 14.8. The molecule has 5 nitrogen and oxygen atoms in total. The number of likely N-dealkylation sites (tertiary alicyclic amines) is 1. The third kappa shape index (κ3) is 2.99. The van der Waals surface area contributed by atoms with Gasteiger partial charge in [-0.1, -0.05) is 0 Å². The van der Waals surface area contributed by atoms with E-state index >= 15 is 0 Å². The zero-order valence-corrected chi connectivity index (χ0v) is 15.7. The first kappa shape index (κ1) is 17.1. The third-order valence-electron chi connectivity index (χ3n) is 5.12. The van der Waals surface area contributed by atoms with Crippen LogP contribution in [-0.2, 0) is 0 Å². The number of hydrogen-bond acceptors (Lipinski definition) is 5. The quantitative estimate of drug-likeness (QED) is 0.755. The molecule has 4 rings (SSSR count). The lowest BCUT2D eigenvalue weighted by atomic mass is 9.90. The van der Waals surface area contributed by atoms with Gasteiger partial charge in [0, 0.05) is 35.5 Å². The number of fused-ring (bicyclic) bond motifs is 1. The second kappa shape index (κ2) is 6.78. The first-order chi connectivity index (χ1) is 12.5. The molecule has 1 amide bonds. The molecule has 0 radical (unpaired) electrons. The summed E-state index contributed by atoms with van der Waals surface area (Å²) in [6.07, 6.45) is 1.93. The third-order valence-corrected chi connectivity index (χ3v) is 6.27. The number of hydrogen-bond donors (Lipinski definition) is 1. The Kier molecular flexibility index (Phi) is 4.46. The van der Waals surface area contributed by atoms with E-state index in [1.165, 1.54) is 10.4 Å². The van der Waals surface area contributed by atoms with Crippen molar-refractivity contribution in [1.29, 1.82) is 0 Å². The minimum absolute atomic E-state index is 0.0684. The Bertz CT molecular complexity index is 969. The van der Waals surface area contributed by atoms with Gasteiger partial charge in [-0.3, -0.25) is 4.79 Å². The normalized spacial score (nSPS) is 20.5. The van der Waals surface area contributed by atoms with E-state index in [1.807, 2.05) is 25.1 Å². The second-order valence-electron chi connectivity index (χ2n) is 6.85. The number of nitrogens with zero attached hydrogens (tertiary/aromatic N) is 3. The Labute approximate surface area is 156 Å². The van der Waals surface area contributed by atoms with Gasteiger partial charge in [0.25, 0.3) is 5.91 Å². The summed E-state index contributed by atoms with van der Waals surface area (Å²) in [6.45, 7) is 4.90. The predicted molar refractivity (Wildman–Crippen MR) is 103 cm³/mol. The number of rotatable bonds is 2. The number of thiophene rings is 1. The molecule has 3 aromatic heterocycles. The summed E-state index contributed by atoms with van der Waals surface area (Å²) in [5, 5.41) is 13.6. The minimum atomic E-state index is -0.541. The summed E-state index contributed by atoms with van der Waals surface area (Å²) in [4.78, 5) is 24.7. The topological polar surface area (TPSA) is 66.3 Å². The van der Waals surface area contributed by atoms with Gasteiger partial charge in [0.15, 0.2) is 5.65 Å². The fourth-order valence-corrected chi connectivity index (χ4v) is 4.79. The number of carbonyl (C=O) groups excluding carboxylic acids is 1. The zero-order chi connectivity index (χ0) is 18.3. The van der Waals surface area contributed by atoms with Crippen LogP contribution in [0.25, 0.3) is 11.0 Å². The van der Waals surface area contributed by atoms with Crippen molar-refractivity contribution in [1.82, 2.24) is 14.9 Å². The molecule has 2 atom stereocenters. The van der Waals surface area contributed by atoms with E-state index in [2.05, 4.69) is 28.3 Å². The molecule has 0 aliphatic carbocycles. The summed E-state index contributed by atoms with van der Waals surface area (Å²) in [5.41, 5.74) is 3.13. The molecule has 1 N–H and O–H groups in total. The molecule has 1 aliphatic heterocycles. The average molecular weight is 367 g/mol. The van der Waals surface area contributed by atoms with Crippen LogP contribution in [0.2, 0.25) is 0 Å². The molecule has 134 valence electrons. The first-order valence-corrected chi connectivity index (χ1v) is 9.66. The van der Waals surface area contributed by atoms with Crippen molar-refractivity contribution in [3.63, 3.8) is 0 Å². The molecule has 0 saturated carbocycles. The highest BCUT2D eigenvalue weighted by Crippen LogP contribution is 2.34. The molecule has 1 saturated heterocycles. The van der Waals surface area contributed by atoms with Crippen LogP contribution < -0.4 is 0 Å². The van der Waals surface area contributed by atoms with Crippen LogP contribution in [0.1, 0.15) is 38.8 Å². The van der Waals surface area contributed by atoms with Crippen LogP contribution in [0.3, 0.4) is 0 Å². The summed E-state index contributed by atoms with van der Waals surface area (Å²) in [7, 11) is 0. The number of aromatic nitrogens is 2. The molecule has 1 aliphatic rings. The van der Waals surface area contributed by atoms with Gasteiger partial charge in [0.1, 0.15) is 0 Å². The van der Waals surface area contributed by atoms with Crippen molar-refractivity contribution >= 4 is 28.3 Å². The van der Waals surface area contributed by atoms with E-state index in [9.17, 15) is 9.90 Å². The molecule has 1 fully saturated rings. The highest BCUT2D eigenvalue weighted by atomic mass is 32.1. The van der Waals surface area contributed by atoms with Crippen LogP contribution >= 0.6 is 11.3 Å². The number of aryl methyl sites for hydroxylation is 2. The molecular formula is C20H21N3O2S. The van der Waals surface area contributed by atoms with Crippen molar-refractivity contribution in [3.8, 4) is 0 Å². The standard InChI is InChI=1S/C20H21N3O2S/c1-12-6-9-26-18(12)15-5-8-23(11-17(15)24)20(25)16-10-14-4-3-7-21-19(14)22-13(16)2/h3-4,6-7,9-10,15,17,24H,5,8,11H2,1-2H3/t15-,17-/m1/s1. The number of piperidine rings is 1. The van der Waals surface area contributed by atoms with Crippen LogP contribution in [0, 0.1) is 13.8 Å². The number of aliphatic hydroxyl groups is 1. The Morgan fingerprint density at radius 1 is 1.35 bits per heavy atom. The highest BCUT2D eigenvalue weighted by molar-refractivity contribution is 7.10. The van der Waals surface area contributed by atoms with E-state index in [-0.39, 0.29) is 11.8 Å². The molecule has 0 unspecified atom stereocenters. The molecule has 26 heavy (non-hydrogen) atoms. The largest absolute Gasteiger partial charge is 0.391 e. The molecule has 3 aromatic rings. The Hall–Kier alpha value is -2.31. The number of aliphatic hydroxyl groups excluding tert-OH is 1. The summed E-state index contributed by atoms with van der Waals surface area (Å²) >= 11 is 1.69. The Morgan fingerprint density at radius 2 is 2.19 bits per heavy atom. The fourth-order valence-electron chi connectivity index (χ4n) is 3.67. The van der Waals surface area contributed by atoms with E-state index in [0.717, 1.165) is 11.8 Å². The van der Waals surface area contributed by atoms with E-state index in [0.29, 0.717) is 30.0 Å². The molecule has 4 heterocycles. The summed E-state index contributed by atoms with van der Waals surface area (Å²) in [5.74, 6) is 0.0419. The molecule has 0 bridgehead atoms. The van der Waals surface area contributed by atoms with E-state index < -0.39 is 6.10 Å². The van der Waals surface area contributed by atoms with Gasteiger partial charge >= 0.3 is 0 Å². The number of carbonyl (C=O) groups is 1. The molecule has 0 spiro atoms. The first-order valence-electron chi connectivity index (χ1n) is 8.78. The predicted octanol–water partition coefficient (Wildman–Crippen LogP) is 3.30. The monoisotopic (exact) mass is 367 g/mol. The van der Waals surface area contributed by atoms with Gasteiger partial charge in [0.05, 0.1) is 17.4 Å². The van der Waals surface area contributed by atoms with Gasteiger partial charge in [-0.15, -0.1) is 11.3 Å². The van der Waals surface area contributed by atoms with E-state index in [1.54, 1.807) is 22.4 Å². The van der Waals surface area contributed by atoms with Gasteiger partial charge in [-0.05, 0) is 55.5 Å². The van der Waals surface area contributed by atoms with E-state index in [4.69, 9.17) is 0 Å². The lowest BCUT2D eigenvalue weighted by molar-refractivity contribution is 0.0386. The van der Waals surface area contributed by atoms with Crippen molar-refractivity contribution in [2.75, 3.05) is 13.1 Å². The fraction of sp³-hybridized carbons (Fsp3) is 0.350. The minimum Gasteiger partial charge on any atom is -0.391 e. The summed E-state index contributed by atoms with van der Waals surface area (Å²) in [6, 6.07) is 7.69. The highest BCUT2D eigenvalue weighted by Gasteiger charge is 2.33.